The highest BCUT2D eigenvalue weighted by Gasteiger charge is 2.23. The minimum Gasteiger partial charge on any atom is -0.464 e. The summed E-state index contributed by atoms with van der Waals surface area (Å²) in [6.07, 6.45) is 3.85. The molecule has 1 heterocycles. The molecule has 1 aromatic rings. The lowest BCUT2D eigenvalue weighted by Crippen LogP contribution is -2.33. The van der Waals surface area contributed by atoms with E-state index in [1.165, 1.54) is 0 Å². The van der Waals surface area contributed by atoms with Crippen molar-refractivity contribution < 1.29 is 12.8 Å². The van der Waals surface area contributed by atoms with Crippen LogP contribution in [-0.4, -0.2) is 33.0 Å². The maximum atomic E-state index is 12.4. The van der Waals surface area contributed by atoms with Gasteiger partial charge in [-0.2, -0.15) is 11.8 Å². The molecule has 0 amide bonds. The molecule has 5 nitrogen and oxygen atoms in total. The number of nitrogens with one attached hydrogen (secondary N) is 2. The lowest BCUT2D eigenvalue weighted by atomic mass is 10.3. The largest absolute Gasteiger partial charge is 0.464 e. The van der Waals surface area contributed by atoms with Crippen molar-refractivity contribution in [3.05, 3.63) is 17.6 Å². The van der Waals surface area contributed by atoms with Crippen molar-refractivity contribution in [3.8, 4) is 0 Å². The van der Waals surface area contributed by atoms with Crippen molar-refractivity contribution in [2.45, 2.75) is 51.1 Å². The molecule has 0 saturated carbocycles. The van der Waals surface area contributed by atoms with Crippen molar-refractivity contribution in [2.24, 2.45) is 0 Å². The van der Waals surface area contributed by atoms with Gasteiger partial charge in [0.05, 0.1) is 6.54 Å². The fourth-order valence-electron chi connectivity index (χ4n) is 1.95. The summed E-state index contributed by atoms with van der Waals surface area (Å²) in [4.78, 5) is 0.242. The first kappa shape index (κ1) is 18.5. The molecule has 1 aromatic heterocycles. The molecule has 1 atom stereocenters. The third kappa shape index (κ3) is 6.02. The van der Waals surface area contributed by atoms with Crippen molar-refractivity contribution in [2.75, 3.05) is 18.6 Å². The van der Waals surface area contributed by atoms with Gasteiger partial charge in [-0.15, -0.1) is 0 Å². The normalized spacial score (nSPS) is 13.5. The van der Waals surface area contributed by atoms with E-state index in [1.54, 1.807) is 24.8 Å². The van der Waals surface area contributed by atoms with Crippen LogP contribution in [0.1, 0.15) is 38.2 Å². The van der Waals surface area contributed by atoms with Crippen LogP contribution in [0.2, 0.25) is 0 Å². The Hall–Kier alpha value is -0.500. The first-order valence-electron chi connectivity index (χ1n) is 7.22. The Labute approximate surface area is 132 Å². The van der Waals surface area contributed by atoms with Crippen LogP contribution in [0.25, 0.3) is 0 Å². The van der Waals surface area contributed by atoms with Crippen LogP contribution < -0.4 is 10.0 Å². The first-order valence-corrected chi connectivity index (χ1v) is 10.1. The quantitative estimate of drug-likeness (QED) is 0.643. The molecule has 0 spiro atoms. The Kier molecular flexibility index (Phi) is 7.79. The van der Waals surface area contributed by atoms with E-state index in [4.69, 9.17) is 4.42 Å². The molecule has 0 aliphatic rings. The summed E-state index contributed by atoms with van der Waals surface area (Å²) in [6, 6.07) is 1.53. The van der Waals surface area contributed by atoms with Crippen LogP contribution in [-0.2, 0) is 16.6 Å². The van der Waals surface area contributed by atoms with Gasteiger partial charge in [-0.05, 0) is 45.2 Å². The fourth-order valence-corrected chi connectivity index (χ4v) is 4.02. The molecule has 122 valence electrons. The van der Waals surface area contributed by atoms with Crippen LogP contribution in [0.15, 0.2) is 15.4 Å². The molecule has 1 rings (SSSR count). The average Bonchev–Trinajstić information content (AvgIpc) is 2.78. The molecular formula is C14H26N2O3S2. The van der Waals surface area contributed by atoms with Crippen molar-refractivity contribution in [3.63, 3.8) is 0 Å². The second kappa shape index (κ2) is 8.82. The number of thioether (sulfide) groups is 1. The zero-order valence-corrected chi connectivity index (χ0v) is 14.9. The predicted molar refractivity (Wildman–Crippen MR) is 88.2 cm³/mol. The number of hydrogen-bond acceptors (Lipinski definition) is 5. The van der Waals surface area contributed by atoms with Gasteiger partial charge in [0.2, 0.25) is 10.0 Å². The number of rotatable bonds is 10. The zero-order chi connectivity index (χ0) is 15.9. The Morgan fingerprint density at radius 2 is 2.14 bits per heavy atom. The summed E-state index contributed by atoms with van der Waals surface area (Å²) in [6.45, 7) is 7.07. The Balaban J connectivity index is 2.74. The van der Waals surface area contributed by atoms with Gasteiger partial charge in [-0.25, -0.2) is 13.1 Å². The van der Waals surface area contributed by atoms with E-state index < -0.39 is 10.0 Å². The van der Waals surface area contributed by atoms with Crippen molar-refractivity contribution in [1.29, 1.82) is 0 Å². The van der Waals surface area contributed by atoms with Crippen LogP contribution in [0.3, 0.4) is 0 Å². The molecule has 0 bridgehead atoms. The van der Waals surface area contributed by atoms with Gasteiger partial charge < -0.3 is 9.73 Å². The summed E-state index contributed by atoms with van der Waals surface area (Å²) in [7, 11) is -3.51. The summed E-state index contributed by atoms with van der Waals surface area (Å²) in [5.74, 6) is 2.02. The minimum atomic E-state index is -3.51. The number of hydrogen-bond donors (Lipinski definition) is 2. The van der Waals surface area contributed by atoms with Crippen LogP contribution in [0.5, 0.6) is 0 Å². The molecule has 1 unspecified atom stereocenters. The molecule has 0 aliphatic carbocycles. The lowest BCUT2D eigenvalue weighted by molar-refractivity contribution is 0.457. The molecule has 0 saturated heterocycles. The van der Waals surface area contributed by atoms with Crippen molar-refractivity contribution in [1.82, 2.24) is 10.0 Å². The molecule has 0 aromatic carbocycles. The molecule has 2 N–H and O–H groups in total. The van der Waals surface area contributed by atoms with E-state index in [2.05, 4.69) is 17.0 Å². The van der Waals surface area contributed by atoms with Gasteiger partial charge in [0.15, 0.2) is 0 Å². The van der Waals surface area contributed by atoms with Gasteiger partial charge >= 0.3 is 0 Å². The third-order valence-corrected chi connectivity index (χ3v) is 5.39. The Bertz CT molecular complexity index is 526. The highest BCUT2D eigenvalue weighted by Crippen LogP contribution is 2.20. The maximum absolute atomic E-state index is 12.4. The monoisotopic (exact) mass is 334 g/mol. The fraction of sp³-hybridized carbons (Fsp3) is 0.714. The SMILES string of the molecule is CCCNCc1cc(S(=O)(=O)NC(C)CCSC)c(C)o1. The second-order valence-corrected chi connectivity index (χ2v) is 7.78. The molecule has 21 heavy (non-hydrogen) atoms. The topological polar surface area (TPSA) is 71.3 Å². The van der Waals surface area contributed by atoms with E-state index in [1.807, 2.05) is 13.2 Å². The third-order valence-electron chi connectivity index (χ3n) is 3.05. The molecule has 7 heteroatoms. The zero-order valence-electron chi connectivity index (χ0n) is 13.2. The standard InChI is InChI=1S/C14H26N2O3S2/c1-5-7-15-10-13-9-14(12(3)19-13)21(17,18)16-11(2)6-8-20-4/h9,11,15-16H,5-8,10H2,1-4H3. The second-order valence-electron chi connectivity index (χ2n) is 5.11. The highest BCUT2D eigenvalue weighted by atomic mass is 32.2. The number of sulfonamides is 1. The summed E-state index contributed by atoms with van der Waals surface area (Å²) in [5.41, 5.74) is 0. The predicted octanol–water partition coefficient (Wildman–Crippen LogP) is 2.51. The minimum absolute atomic E-state index is 0.0848. The van der Waals surface area contributed by atoms with Gasteiger partial charge in [-0.1, -0.05) is 6.92 Å². The number of furan rings is 1. The van der Waals surface area contributed by atoms with Crippen LogP contribution in [0.4, 0.5) is 0 Å². The van der Waals surface area contributed by atoms with Gasteiger partial charge in [0, 0.05) is 12.1 Å². The van der Waals surface area contributed by atoms with Gasteiger partial charge in [0.1, 0.15) is 16.4 Å². The summed E-state index contributed by atoms with van der Waals surface area (Å²) < 4.78 is 33.0. The molecular weight excluding hydrogens is 308 g/mol. The van der Waals surface area contributed by atoms with E-state index >= 15 is 0 Å². The van der Waals surface area contributed by atoms with E-state index in [9.17, 15) is 8.42 Å². The first-order chi connectivity index (χ1) is 9.90. The van der Waals surface area contributed by atoms with E-state index in [-0.39, 0.29) is 10.9 Å². The van der Waals surface area contributed by atoms with Gasteiger partial charge in [0.25, 0.3) is 0 Å². The summed E-state index contributed by atoms with van der Waals surface area (Å²) in [5, 5.41) is 3.20. The number of aryl methyl sites for hydroxylation is 1. The van der Waals surface area contributed by atoms with Crippen LogP contribution in [0, 0.1) is 6.92 Å². The molecule has 0 aliphatic heterocycles. The van der Waals surface area contributed by atoms with Crippen molar-refractivity contribution >= 4 is 21.8 Å². The maximum Gasteiger partial charge on any atom is 0.244 e. The average molecular weight is 335 g/mol. The van der Waals surface area contributed by atoms with E-state index in [0.717, 1.165) is 25.1 Å². The Morgan fingerprint density at radius 3 is 2.76 bits per heavy atom. The smallest absolute Gasteiger partial charge is 0.244 e. The Morgan fingerprint density at radius 1 is 1.43 bits per heavy atom. The lowest BCUT2D eigenvalue weighted by Gasteiger charge is -2.12. The van der Waals surface area contributed by atoms with Gasteiger partial charge in [-0.3, -0.25) is 0 Å². The summed E-state index contributed by atoms with van der Waals surface area (Å²) >= 11 is 1.71. The highest BCUT2D eigenvalue weighted by molar-refractivity contribution is 7.98. The molecule has 0 radical (unpaired) electrons. The van der Waals surface area contributed by atoms with E-state index in [0.29, 0.717) is 18.1 Å². The molecule has 0 fully saturated rings. The van der Waals surface area contributed by atoms with Crippen LogP contribution >= 0.6 is 11.8 Å².